The van der Waals surface area contributed by atoms with Crippen LogP contribution in [0.25, 0.3) is 10.2 Å². The van der Waals surface area contributed by atoms with E-state index in [1.54, 1.807) is 13.0 Å². The fraction of sp³-hybridized carbons (Fsp3) is 0.586. The Labute approximate surface area is 245 Å². The Kier molecular flexibility index (Phi) is 11.3. The lowest BCUT2D eigenvalue weighted by atomic mass is 9.83. The van der Waals surface area contributed by atoms with Crippen LogP contribution in [0, 0.1) is 5.92 Å². The molecule has 1 saturated heterocycles. The predicted molar refractivity (Wildman–Crippen MR) is 158 cm³/mol. The summed E-state index contributed by atoms with van der Waals surface area (Å²) in [5, 5.41) is 10.5. The normalized spacial score (nSPS) is 18.1. The van der Waals surface area contributed by atoms with Gasteiger partial charge >= 0.3 is 0 Å². The zero-order chi connectivity index (χ0) is 28.5. The monoisotopic (exact) mass is 589 g/mol. The second-order valence-electron chi connectivity index (χ2n) is 10.6. The summed E-state index contributed by atoms with van der Waals surface area (Å²) in [7, 11) is 0. The summed E-state index contributed by atoms with van der Waals surface area (Å²) in [6.07, 6.45) is 5.89. The molecule has 218 valence electrons. The number of benzene rings is 1. The highest BCUT2D eigenvalue weighted by atomic mass is 35.5. The van der Waals surface area contributed by atoms with E-state index in [0.717, 1.165) is 54.0 Å². The van der Waals surface area contributed by atoms with E-state index in [4.69, 9.17) is 16.3 Å². The molecule has 2 heterocycles. The quantitative estimate of drug-likeness (QED) is 0.327. The molecule has 9 nitrogen and oxygen atoms in total. The number of morpholine rings is 1. The SMILES string of the molecule is C=C(CN1CCOCC1)C(=O)NCC(NC(=O)C(Cc1nc2ccc(Cl)cc2s1)NC(=O)CC)C1CCCCC1. The molecule has 2 unspecified atom stereocenters. The van der Waals surface area contributed by atoms with Crippen LogP contribution in [0.4, 0.5) is 0 Å². The van der Waals surface area contributed by atoms with Gasteiger partial charge in [0, 0.05) is 55.7 Å². The number of fused-ring (bicyclic) bond motifs is 1. The van der Waals surface area contributed by atoms with Crippen molar-refractivity contribution in [2.45, 2.75) is 64.0 Å². The Hall–Kier alpha value is -2.53. The molecule has 0 spiro atoms. The molecule has 1 aliphatic heterocycles. The number of nitrogens with one attached hydrogen (secondary N) is 3. The van der Waals surface area contributed by atoms with Crippen molar-refractivity contribution in [1.29, 1.82) is 0 Å². The highest BCUT2D eigenvalue weighted by Crippen LogP contribution is 2.28. The van der Waals surface area contributed by atoms with Gasteiger partial charge in [-0.05, 0) is 37.0 Å². The van der Waals surface area contributed by atoms with Gasteiger partial charge in [0.2, 0.25) is 17.7 Å². The van der Waals surface area contributed by atoms with Gasteiger partial charge in [0.15, 0.2) is 0 Å². The molecule has 40 heavy (non-hydrogen) atoms. The van der Waals surface area contributed by atoms with E-state index in [-0.39, 0.29) is 42.5 Å². The molecular formula is C29H40ClN5O4S. The number of amides is 3. The van der Waals surface area contributed by atoms with Crippen molar-refractivity contribution in [2.24, 2.45) is 5.92 Å². The largest absolute Gasteiger partial charge is 0.379 e. The summed E-state index contributed by atoms with van der Waals surface area (Å²) in [4.78, 5) is 45.7. The summed E-state index contributed by atoms with van der Waals surface area (Å²) in [5.74, 6) is -0.426. The Bertz CT molecular complexity index is 1190. The molecule has 2 atom stereocenters. The first-order valence-electron chi connectivity index (χ1n) is 14.2. The van der Waals surface area contributed by atoms with Crippen LogP contribution in [-0.4, -0.2) is 79.1 Å². The number of ether oxygens (including phenoxy) is 1. The van der Waals surface area contributed by atoms with Crippen LogP contribution >= 0.6 is 22.9 Å². The van der Waals surface area contributed by atoms with E-state index in [1.165, 1.54) is 17.8 Å². The molecule has 2 fully saturated rings. The number of aromatic nitrogens is 1. The Balaban J connectivity index is 1.42. The highest BCUT2D eigenvalue weighted by molar-refractivity contribution is 7.18. The van der Waals surface area contributed by atoms with Gasteiger partial charge in [-0.2, -0.15) is 0 Å². The molecule has 1 aliphatic carbocycles. The van der Waals surface area contributed by atoms with Crippen molar-refractivity contribution in [3.8, 4) is 0 Å². The van der Waals surface area contributed by atoms with Crippen molar-refractivity contribution >= 4 is 50.9 Å². The zero-order valence-corrected chi connectivity index (χ0v) is 24.7. The lowest BCUT2D eigenvalue weighted by molar-refractivity contribution is -0.129. The van der Waals surface area contributed by atoms with Gasteiger partial charge in [-0.3, -0.25) is 19.3 Å². The molecule has 3 amide bonds. The predicted octanol–water partition coefficient (Wildman–Crippen LogP) is 3.46. The molecule has 0 bridgehead atoms. The Morgan fingerprint density at radius 1 is 1.18 bits per heavy atom. The van der Waals surface area contributed by atoms with Crippen LogP contribution in [0.15, 0.2) is 30.4 Å². The average molecular weight is 590 g/mol. The second-order valence-corrected chi connectivity index (χ2v) is 12.2. The molecule has 1 aromatic carbocycles. The van der Waals surface area contributed by atoms with Crippen LogP contribution in [0.3, 0.4) is 0 Å². The van der Waals surface area contributed by atoms with Crippen LogP contribution in [-0.2, 0) is 25.5 Å². The second kappa shape index (κ2) is 14.9. The van der Waals surface area contributed by atoms with Crippen LogP contribution in [0.1, 0.15) is 50.5 Å². The van der Waals surface area contributed by atoms with Gasteiger partial charge in [0.05, 0.1) is 28.4 Å². The zero-order valence-electron chi connectivity index (χ0n) is 23.2. The third-order valence-corrected chi connectivity index (χ3v) is 8.89. The Morgan fingerprint density at radius 2 is 1.93 bits per heavy atom. The number of thiazole rings is 1. The first-order chi connectivity index (χ1) is 19.3. The van der Waals surface area contributed by atoms with Gasteiger partial charge < -0.3 is 20.7 Å². The van der Waals surface area contributed by atoms with Gasteiger partial charge in [-0.25, -0.2) is 4.98 Å². The first-order valence-corrected chi connectivity index (χ1v) is 15.4. The topological polar surface area (TPSA) is 113 Å². The fourth-order valence-electron chi connectivity index (χ4n) is 5.30. The third kappa shape index (κ3) is 8.73. The summed E-state index contributed by atoms with van der Waals surface area (Å²) < 4.78 is 6.32. The van der Waals surface area contributed by atoms with Crippen molar-refractivity contribution in [1.82, 2.24) is 25.8 Å². The van der Waals surface area contributed by atoms with Gasteiger partial charge in [0.1, 0.15) is 6.04 Å². The molecule has 1 aromatic heterocycles. The molecule has 11 heteroatoms. The molecular weight excluding hydrogens is 550 g/mol. The summed E-state index contributed by atoms with van der Waals surface area (Å²) >= 11 is 7.60. The molecule has 4 rings (SSSR count). The first kappa shape index (κ1) is 30.4. The summed E-state index contributed by atoms with van der Waals surface area (Å²) in [5.41, 5.74) is 1.31. The van der Waals surface area contributed by atoms with E-state index in [9.17, 15) is 14.4 Å². The fourth-order valence-corrected chi connectivity index (χ4v) is 6.59. The minimum Gasteiger partial charge on any atom is -0.379 e. The van der Waals surface area contributed by atoms with E-state index in [2.05, 4.69) is 32.4 Å². The summed E-state index contributed by atoms with van der Waals surface area (Å²) in [6, 6.07) is 4.47. The number of carbonyl (C=O) groups is 3. The van der Waals surface area contributed by atoms with Crippen LogP contribution in [0.5, 0.6) is 0 Å². The van der Waals surface area contributed by atoms with Crippen molar-refractivity contribution < 1.29 is 19.1 Å². The van der Waals surface area contributed by atoms with Crippen LogP contribution < -0.4 is 16.0 Å². The summed E-state index contributed by atoms with van der Waals surface area (Å²) in [6.45, 7) is 9.43. The lowest BCUT2D eigenvalue weighted by Gasteiger charge is -2.32. The van der Waals surface area contributed by atoms with Gasteiger partial charge in [0.25, 0.3) is 0 Å². The average Bonchev–Trinajstić information content (AvgIpc) is 3.36. The molecule has 3 N–H and O–H groups in total. The molecule has 2 aromatic rings. The smallest absolute Gasteiger partial charge is 0.247 e. The Morgan fingerprint density at radius 3 is 2.65 bits per heavy atom. The van der Waals surface area contributed by atoms with E-state index >= 15 is 0 Å². The number of hydrogen-bond acceptors (Lipinski definition) is 7. The standard InChI is InChI=1S/C29H40ClN5O4S/c1-3-26(36)32-23(16-27-33-22-10-9-21(30)15-25(22)40-27)29(38)34-24(20-7-5-4-6-8-20)17-31-28(37)19(2)18-35-11-13-39-14-12-35/h9-10,15,20,23-24H,2-8,11-14,16-18H2,1H3,(H,31,37)(H,32,36)(H,34,38). The number of hydrogen-bond donors (Lipinski definition) is 3. The van der Waals surface area contributed by atoms with Crippen LogP contribution in [0.2, 0.25) is 5.02 Å². The number of rotatable bonds is 12. The van der Waals surface area contributed by atoms with Crippen molar-refractivity contribution in [3.63, 3.8) is 0 Å². The van der Waals surface area contributed by atoms with E-state index in [1.807, 2.05) is 12.1 Å². The number of carbonyl (C=O) groups excluding carboxylic acids is 3. The van der Waals surface area contributed by atoms with E-state index < -0.39 is 6.04 Å². The lowest BCUT2D eigenvalue weighted by Crippen LogP contribution is -2.55. The minimum atomic E-state index is -0.776. The number of nitrogens with zero attached hydrogens (tertiary/aromatic N) is 2. The molecule has 0 radical (unpaired) electrons. The third-order valence-electron chi connectivity index (χ3n) is 7.61. The van der Waals surface area contributed by atoms with Gasteiger partial charge in [-0.15, -0.1) is 11.3 Å². The van der Waals surface area contributed by atoms with Crippen molar-refractivity contribution in [3.05, 3.63) is 40.4 Å². The maximum Gasteiger partial charge on any atom is 0.247 e. The van der Waals surface area contributed by atoms with Crippen molar-refractivity contribution in [2.75, 3.05) is 39.4 Å². The van der Waals surface area contributed by atoms with E-state index in [0.29, 0.717) is 36.9 Å². The minimum absolute atomic E-state index is 0.203. The maximum absolute atomic E-state index is 13.6. The number of halogens is 1. The maximum atomic E-state index is 13.6. The molecule has 1 saturated carbocycles. The van der Waals surface area contributed by atoms with Gasteiger partial charge in [-0.1, -0.05) is 44.4 Å². The highest BCUT2D eigenvalue weighted by Gasteiger charge is 2.30. The molecule has 2 aliphatic rings.